The summed E-state index contributed by atoms with van der Waals surface area (Å²) < 4.78 is 7.54. The van der Waals surface area contributed by atoms with E-state index in [0.717, 1.165) is 17.0 Å². The van der Waals surface area contributed by atoms with Crippen molar-refractivity contribution >= 4 is 0 Å². The number of benzene rings is 1. The molecule has 0 saturated heterocycles. The lowest BCUT2D eigenvalue weighted by Gasteiger charge is -2.22. The molecule has 1 aromatic carbocycles. The first kappa shape index (κ1) is 10.4. The Balaban J connectivity index is 1.97. The summed E-state index contributed by atoms with van der Waals surface area (Å²) in [5.41, 5.74) is 8.60. The minimum absolute atomic E-state index is 0.0489. The Morgan fingerprint density at radius 2 is 2.18 bits per heavy atom. The molecule has 0 saturated carbocycles. The summed E-state index contributed by atoms with van der Waals surface area (Å²) in [4.78, 5) is 0. The quantitative estimate of drug-likeness (QED) is 0.828. The van der Waals surface area contributed by atoms with E-state index in [2.05, 4.69) is 10.3 Å². The van der Waals surface area contributed by atoms with Crippen molar-refractivity contribution in [1.82, 2.24) is 15.0 Å². The lowest BCUT2D eigenvalue weighted by atomic mass is 10.1. The molecule has 1 aliphatic heterocycles. The number of hydrogen-bond donors (Lipinski definition) is 1. The molecule has 5 nitrogen and oxygen atoms in total. The molecular weight excluding hydrogens is 216 g/mol. The molecule has 1 aliphatic rings. The van der Waals surface area contributed by atoms with Crippen LogP contribution in [0.3, 0.4) is 0 Å². The Hall–Kier alpha value is -1.72. The fraction of sp³-hybridized carbons (Fsp3) is 0.333. The van der Waals surface area contributed by atoms with Crippen LogP contribution in [-0.2, 0) is 17.9 Å². The van der Waals surface area contributed by atoms with Gasteiger partial charge in [-0.05, 0) is 0 Å². The molecule has 2 heterocycles. The smallest absolute Gasteiger partial charge is 0.118 e. The first-order valence-corrected chi connectivity index (χ1v) is 5.68. The highest BCUT2D eigenvalue weighted by atomic mass is 16.5. The predicted octanol–water partition coefficient (Wildman–Crippen LogP) is 0.803. The third-order valence-electron chi connectivity index (χ3n) is 2.98. The van der Waals surface area contributed by atoms with Crippen molar-refractivity contribution < 1.29 is 4.74 Å². The monoisotopic (exact) mass is 230 g/mol. The summed E-state index contributed by atoms with van der Waals surface area (Å²) in [6.07, 6.45) is 0.0489. The average Bonchev–Trinajstić information content (AvgIpc) is 2.82. The van der Waals surface area contributed by atoms with Gasteiger partial charge in [0.05, 0.1) is 24.9 Å². The maximum Gasteiger partial charge on any atom is 0.118 e. The number of hydrogen-bond acceptors (Lipinski definition) is 4. The van der Waals surface area contributed by atoms with Gasteiger partial charge in [0.25, 0.3) is 0 Å². The summed E-state index contributed by atoms with van der Waals surface area (Å²) in [7, 11) is 0. The van der Waals surface area contributed by atoms with Gasteiger partial charge in [-0.15, -0.1) is 5.10 Å². The van der Waals surface area contributed by atoms with Gasteiger partial charge in [-0.25, -0.2) is 4.68 Å². The van der Waals surface area contributed by atoms with E-state index < -0.39 is 0 Å². The molecule has 88 valence electrons. The number of fused-ring (bicyclic) bond motifs is 1. The second-order valence-corrected chi connectivity index (χ2v) is 4.10. The van der Waals surface area contributed by atoms with Gasteiger partial charge < -0.3 is 10.5 Å². The Bertz CT molecular complexity index is 508. The van der Waals surface area contributed by atoms with E-state index in [-0.39, 0.29) is 6.10 Å². The van der Waals surface area contributed by atoms with Gasteiger partial charge in [0.15, 0.2) is 0 Å². The molecule has 1 unspecified atom stereocenters. The molecule has 1 aromatic heterocycles. The van der Waals surface area contributed by atoms with Crippen LogP contribution in [0.15, 0.2) is 30.3 Å². The van der Waals surface area contributed by atoms with Crippen LogP contribution >= 0.6 is 0 Å². The largest absolute Gasteiger partial charge is 0.369 e. The van der Waals surface area contributed by atoms with Crippen LogP contribution in [0.2, 0.25) is 0 Å². The predicted molar refractivity (Wildman–Crippen MR) is 63.1 cm³/mol. The molecule has 3 rings (SSSR count). The Morgan fingerprint density at radius 3 is 2.94 bits per heavy atom. The van der Waals surface area contributed by atoms with Gasteiger partial charge in [-0.2, -0.15) is 0 Å². The number of rotatable bonds is 2. The molecule has 17 heavy (non-hydrogen) atoms. The van der Waals surface area contributed by atoms with Crippen LogP contribution in [0.5, 0.6) is 0 Å². The van der Waals surface area contributed by atoms with E-state index in [1.54, 1.807) is 0 Å². The van der Waals surface area contributed by atoms with E-state index in [0.29, 0.717) is 19.7 Å². The maximum absolute atomic E-state index is 5.65. The molecule has 0 bridgehead atoms. The third kappa shape index (κ3) is 1.83. The van der Waals surface area contributed by atoms with Crippen LogP contribution < -0.4 is 5.73 Å². The molecule has 0 radical (unpaired) electrons. The lowest BCUT2D eigenvalue weighted by Crippen LogP contribution is -2.33. The van der Waals surface area contributed by atoms with E-state index in [9.17, 15) is 0 Å². The van der Waals surface area contributed by atoms with Crippen molar-refractivity contribution in [2.45, 2.75) is 19.3 Å². The van der Waals surface area contributed by atoms with Crippen molar-refractivity contribution in [1.29, 1.82) is 0 Å². The number of aromatic nitrogens is 3. The van der Waals surface area contributed by atoms with Crippen LogP contribution in [0, 0.1) is 0 Å². The topological polar surface area (TPSA) is 66.0 Å². The van der Waals surface area contributed by atoms with Crippen LogP contribution in [0.25, 0.3) is 11.3 Å². The van der Waals surface area contributed by atoms with Gasteiger partial charge >= 0.3 is 0 Å². The minimum Gasteiger partial charge on any atom is -0.369 e. The molecular formula is C12H14N4O. The molecule has 2 aromatic rings. The van der Waals surface area contributed by atoms with Gasteiger partial charge in [-0.3, -0.25) is 0 Å². The zero-order chi connectivity index (χ0) is 11.7. The molecule has 1 atom stereocenters. The second-order valence-electron chi connectivity index (χ2n) is 4.10. The van der Waals surface area contributed by atoms with E-state index >= 15 is 0 Å². The summed E-state index contributed by atoms with van der Waals surface area (Å²) in [6, 6.07) is 10.0. The highest BCUT2D eigenvalue weighted by molar-refractivity contribution is 5.61. The van der Waals surface area contributed by atoms with E-state index in [1.807, 2.05) is 35.0 Å². The standard InChI is InChI=1S/C12H14N4O/c13-6-10-7-16-11(8-17-10)12(14-15-16)9-4-2-1-3-5-9/h1-5,10H,6-8,13H2. The summed E-state index contributed by atoms with van der Waals surface area (Å²) >= 11 is 0. The fourth-order valence-corrected chi connectivity index (χ4v) is 2.03. The van der Waals surface area contributed by atoms with Crippen molar-refractivity contribution in [3.63, 3.8) is 0 Å². The van der Waals surface area contributed by atoms with Gasteiger partial charge in [-0.1, -0.05) is 35.5 Å². The van der Waals surface area contributed by atoms with Crippen molar-refractivity contribution in [3.05, 3.63) is 36.0 Å². The van der Waals surface area contributed by atoms with Crippen molar-refractivity contribution in [2.24, 2.45) is 5.73 Å². The van der Waals surface area contributed by atoms with Crippen LogP contribution in [-0.4, -0.2) is 27.6 Å². The van der Waals surface area contributed by atoms with Crippen LogP contribution in [0.1, 0.15) is 5.69 Å². The maximum atomic E-state index is 5.65. The van der Waals surface area contributed by atoms with Gasteiger partial charge in [0.1, 0.15) is 5.69 Å². The molecule has 2 N–H and O–H groups in total. The zero-order valence-corrected chi connectivity index (χ0v) is 9.41. The molecule has 5 heteroatoms. The first-order chi connectivity index (χ1) is 8.38. The van der Waals surface area contributed by atoms with Crippen molar-refractivity contribution in [3.8, 4) is 11.3 Å². The highest BCUT2D eigenvalue weighted by Gasteiger charge is 2.23. The molecule has 0 spiro atoms. The van der Waals surface area contributed by atoms with Gasteiger partial charge in [0, 0.05) is 12.1 Å². The number of nitrogens with two attached hydrogens (primary N) is 1. The summed E-state index contributed by atoms with van der Waals surface area (Å²) in [5.74, 6) is 0. The average molecular weight is 230 g/mol. The summed E-state index contributed by atoms with van der Waals surface area (Å²) in [5, 5.41) is 8.39. The Kier molecular flexibility index (Phi) is 2.62. The lowest BCUT2D eigenvalue weighted by molar-refractivity contribution is 0.00639. The SMILES string of the molecule is NCC1Cn2nnc(-c3ccccc3)c2CO1. The molecule has 0 aliphatic carbocycles. The third-order valence-corrected chi connectivity index (χ3v) is 2.98. The number of ether oxygens (including phenoxy) is 1. The molecule has 0 fully saturated rings. The molecule has 0 amide bonds. The Morgan fingerprint density at radius 1 is 1.35 bits per heavy atom. The highest BCUT2D eigenvalue weighted by Crippen LogP contribution is 2.24. The zero-order valence-electron chi connectivity index (χ0n) is 9.41. The van der Waals surface area contributed by atoms with Crippen LogP contribution in [0.4, 0.5) is 0 Å². The normalized spacial score (nSPS) is 19.0. The Labute approximate surface area is 99.2 Å². The first-order valence-electron chi connectivity index (χ1n) is 5.68. The second kappa shape index (κ2) is 4.27. The van der Waals surface area contributed by atoms with E-state index in [1.165, 1.54) is 0 Å². The van der Waals surface area contributed by atoms with Gasteiger partial charge in [0.2, 0.25) is 0 Å². The fourth-order valence-electron chi connectivity index (χ4n) is 2.03. The number of nitrogens with zero attached hydrogens (tertiary/aromatic N) is 3. The summed E-state index contributed by atoms with van der Waals surface area (Å²) in [6.45, 7) is 1.73. The van der Waals surface area contributed by atoms with E-state index in [4.69, 9.17) is 10.5 Å². The van der Waals surface area contributed by atoms with Crippen molar-refractivity contribution in [2.75, 3.05) is 6.54 Å². The minimum atomic E-state index is 0.0489.